The quantitative estimate of drug-likeness (QED) is 0.458. The van der Waals surface area contributed by atoms with E-state index in [2.05, 4.69) is 15.0 Å². The molecule has 0 aliphatic carbocycles. The number of carbonyl (C=O) groups excluding carboxylic acids is 1. The van der Waals surface area contributed by atoms with Gasteiger partial charge in [-0.15, -0.1) is 0 Å². The van der Waals surface area contributed by atoms with Gasteiger partial charge in [0.25, 0.3) is 5.91 Å². The van der Waals surface area contributed by atoms with E-state index in [-0.39, 0.29) is 33.9 Å². The van der Waals surface area contributed by atoms with Crippen LogP contribution in [0, 0.1) is 5.82 Å². The summed E-state index contributed by atoms with van der Waals surface area (Å²) >= 11 is 0. The third-order valence-electron chi connectivity index (χ3n) is 5.22. The van der Waals surface area contributed by atoms with E-state index in [1.54, 1.807) is 6.92 Å². The van der Waals surface area contributed by atoms with Crippen molar-refractivity contribution < 1.29 is 17.6 Å². The summed E-state index contributed by atoms with van der Waals surface area (Å²) in [6.07, 6.45) is 1.17. The number of pyridine rings is 2. The highest BCUT2D eigenvalue weighted by Gasteiger charge is 2.21. The number of rotatable bonds is 8. The Balaban J connectivity index is 2.07. The molecule has 0 saturated heterocycles. The van der Waals surface area contributed by atoms with Crippen molar-refractivity contribution in [1.29, 1.82) is 0 Å². The van der Waals surface area contributed by atoms with Gasteiger partial charge >= 0.3 is 0 Å². The molecule has 0 spiro atoms. The Kier molecular flexibility index (Phi) is 7.01. The van der Waals surface area contributed by atoms with E-state index >= 15 is 0 Å². The van der Waals surface area contributed by atoms with Crippen molar-refractivity contribution in [2.75, 3.05) is 23.3 Å². The first-order chi connectivity index (χ1) is 15.6. The van der Waals surface area contributed by atoms with Crippen LogP contribution in [-0.4, -0.2) is 36.7 Å². The zero-order valence-corrected chi connectivity index (χ0v) is 19.4. The summed E-state index contributed by atoms with van der Waals surface area (Å²) in [4.78, 5) is 29.5. The van der Waals surface area contributed by atoms with E-state index in [1.807, 2.05) is 6.92 Å². The topological polar surface area (TPSA) is 136 Å². The van der Waals surface area contributed by atoms with Crippen molar-refractivity contribution >= 4 is 38.5 Å². The highest BCUT2D eigenvalue weighted by molar-refractivity contribution is 7.92. The molecule has 3 aromatic rings. The number of nitrogens with zero attached hydrogens (tertiary/aromatic N) is 2. The van der Waals surface area contributed by atoms with Crippen molar-refractivity contribution in [3.05, 3.63) is 51.9 Å². The third-order valence-corrected chi connectivity index (χ3v) is 6.57. The summed E-state index contributed by atoms with van der Waals surface area (Å²) in [5, 5.41) is 2.61. The van der Waals surface area contributed by atoms with E-state index in [0.29, 0.717) is 30.6 Å². The number of benzene rings is 1. The van der Waals surface area contributed by atoms with Crippen molar-refractivity contribution in [2.45, 2.75) is 33.2 Å². The van der Waals surface area contributed by atoms with E-state index in [9.17, 15) is 22.4 Å². The van der Waals surface area contributed by atoms with Crippen LogP contribution in [0.1, 0.15) is 37.0 Å². The second kappa shape index (κ2) is 9.57. The molecule has 0 aliphatic heterocycles. The zero-order valence-electron chi connectivity index (χ0n) is 18.6. The van der Waals surface area contributed by atoms with Gasteiger partial charge in [0.05, 0.1) is 22.5 Å². The lowest BCUT2D eigenvalue weighted by Crippen LogP contribution is -2.30. The largest absolute Gasteiger partial charge is 0.384 e. The van der Waals surface area contributed by atoms with Gasteiger partial charge in [-0.25, -0.2) is 17.8 Å². The number of fused-ring (bicyclic) bond motifs is 1. The first-order valence-electron chi connectivity index (χ1n) is 10.5. The Morgan fingerprint density at radius 2 is 1.94 bits per heavy atom. The van der Waals surface area contributed by atoms with Gasteiger partial charge in [0.2, 0.25) is 15.5 Å². The number of amides is 1. The van der Waals surface area contributed by atoms with E-state index in [0.717, 1.165) is 0 Å². The first kappa shape index (κ1) is 24.2. The molecule has 2 heterocycles. The lowest BCUT2D eigenvalue weighted by molar-refractivity contribution is 0.0962. The number of nitrogen functional groups attached to an aromatic ring is 1. The van der Waals surface area contributed by atoms with E-state index in [1.165, 1.54) is 41.9 Å². The molecule has 0 aliphatic rings. The molecule has 0 bridgehead atoms. The van der Waals surface area contributed by atoms with Crippen LogP contribution in [0.25, 0.3) is 22.3 Å². The highest BCUT2D eigenvalue weighted by atomic mass is 32.2. The predicted molar refractivity (Wildman–Crippen MR) is 127 cm³/mol. The van der Waals surface area contributed by atoms with Crippen LogP contribution in [-0.2, 0) is 16.6 Å². The van der Waals surface area contributed by atoms with E-state index in [4.69, 9.17) is 5.73 Å². The Bertz CT molecular complexity index is 1390. The molecule has 0 radical (unpaired) electrons. The smallest absolute Gasteiger partial charge is 0.258 e. The van der Waals surface area contributed by atoms with Crippen molar-refractivity contribution in [2.24, 2.45) is 0 Å². The fourth-order valence-electron chi connectivity index (χ4n) is 3.47. The number of hydrogen-bond acceptors (Lipinski definition) is 6. The summed E-state index contributed by atoms with van der Waals surface area (Å²) in [6.45, 7) is 4.00. The third kappa shape index (κ3) is 4.82. The molecule has 176 valence electrons. The number of aryl methyl sites for hydroxylation is 1. The maximum absolute atomic E-state index is 14.7. The molecular formula is C22H26FN5O4S. The Labute approximate surface area is 190 Å². The fourth-order valence-corrected chi connectivity index (χ4v) is 4.74. The number of halogens is 1. The SMILES string of the molecule is CCCCS(=O)(=O)Nc1ccc(-c2ccc3c(=O)c(C(=O)NC)c(N)n(CC)c3n2)cc1F. The fraction of sp³-hybridized carbons (Fsp3) is 0.318. The Morgan fingerprint density at radius 1 is 1.21 bits per heavy atom. The molecule has 11 heteroatoms. The number of nitrogens with two attached hydrogens (primary N) is 1. The normalized spacial score (nSPS) is 11.5. The summed E-state index contributed by atoms with van der Waals surface area (Å²) in [7, 11) is -2.24. The molecule has 1 aromatic carbocycles. The van der Waals surface area contributed by atoms with Crippen molar-refractivity contribution in [1.82, 2.24) is 14.9 Å². The summed E-state index contributed by atoms with van der Waals surface area (Å²) in [5.41, 5.74) is 6.24. The molecule has 4 N–H and O–H groups in total. The first-order valence-corrected chi connectivity index (χ1v) is 12.1. The molecule has 0 unspecified atom stereocenters. The number of hydrogen-bond donors (Lipinski definition) is 3. The molecule has 0 atom stereocenters. The minimum absolute atomic E-state index is 0.0120. The number of carbonyl (C=O) groups is 1. The van der Waals surface area contributed by atoms with Crippen LogP contribution in [0.15, 0.2) is 35.1 Å². The number of unbranched alkanes of at least 4 members (excludes halogenated alkanes) is 1. The molecule has 1 amide bonds. The molecule has 33 heavy (non-hydrogen) atoms. The zero-order chi connectivity index (χ0) is 24.3. The van der Waals surface area contributed by atoms with Crippen molar-refractivity contribution in [3.63, 3.8) is 0 Å². The summed E-state index contributed by atoms with van der Waals surface area (Å²) in [5.74, 6) is -1.45. The lowest BCUT2D eigenvalue weighted by atomic mass is 10.1. The lowest BCUT2D eigenvalue weighted by Gasteiger charge is -2.16. The predicted octanol–water partition coefficient (Wildman–Crippen LogP) is 2.71. The average molecular weight is 476 g/mol. The highest BCUT2D eigenvalue weighted by Crippen LogP contribution is 2.26. The van der Waals surface area contributed by atoms with Crippen LogP contribution >= 0.6 is 0 Å². The van der Waals surface area contributed by atoms with Gasteiger partial charge in [0, 0.05) is 19.2 Å². The van der Waals surface area contributed by atoms with Crippen LogP contribution in [0.3, 0.4) is 0 Å². The summed E-state index contributed by atoms with van der Waals surface area (Å²) in [6, 6.07) is 7.08. The van der Waals surface area contributed by atoms with Crippen LogP contribution < -0.4 is 21.2 Å². The Morgan fingerprint density at radius 3 is 2.55 bits per heavy atom. The van der Waals surface area contributed by atoms with Gasteiger partial charge in [-0.3, -0.25) is 14.3 Å². The molecule has 0 saturated carbocycles. The minimum Gasteiger partial charge on any atom is -0.384 e. The van der Waals surface area contributed by atoms with Gasteiger partial charge in [-0.2, -0.15) is 0 Å². The molecular weight excluding hydrogens is 449 g/mol. The maximum Gasteiger partial charge on any atom is 0.258 e. The standard InChI is InChI=1S/C22H26FN5O4S/c1-4-6-11-33(31,32)27-17-9-7-13(12-15(17)23)16-10-8-14-19(29)18(22(30)25-3)20(24)28(5-2)21(14)26-16/h7-10,12,27H,4-6,11,24H2,1-3H3,(H,25,30). The monoisotopic (exact) mass is 475 g/mol. The second-order valence-corrected chi connectivity index (χ2v) is 9.29. The van der Waals surface area contributed by atoms with Gasteiger partial charge in [0.15, 0.2) is 0 Å². The molecule has 3 rings (SSSR count). The molecule has 2 aromatic heterocycles. The van der Waals surface area contributed by atoms with Crippen molar-refractivity contribution in [3.8, 4) is 11.3 Å². The number of anilines is 2. The van der Waals surface area contributed by atoms with Gasteiger partial charge in [-0.1, -0.05) is 19.4 Å². The summed E-state index contributed by atoms with van der Waals surface area (Å²) < 4.78 is 42.6. The number of sulfonamides is 1. The number of nitrogens with one attached hydrogen (secondary N) is 2. The van der Waals surface area contributed by atoms with Crippen LogP contribution in [0.5, 0.6) is 0 Å². The average Bonchev–Trinajstić information content (AvgIpc) is 2.78. The van der Waals surface area contributed by atoms with Crippen LogP contribution in [0.4, 0.5) is 15.9 Å². The Hall–Kier alpha value is -3.47. The van der Waals surface area contributed by atoms with E-state index < -0.39 is 27.2 Å². The molecule has 0 fully saturated rings. The van der Waals surface area contributed by atoms with Gasteiger partial charge < -0.3 is 15.6 Å². The van der Waals surface area contributed by atoms with Gasteiger partial charge in [-0.05, 0) is 37.6 Å². The molecule has 9 nitrogen and oxygen atoms in total. The second-order valence-electron chi connectivity index (χ2n) is 7.45. The number of aromatic nitrogens is 2. The van der Waals surface area contributed by atoms with Crippen LogP contribution in [0.2, 0.25) is 0 Å². The maximum atomic E-state index is 14.7. The van der Waals surface area contributed by atoms with Gasteiger partial charge in [0.1, 0.15) is 22.8 Å². The minimum atomic E-state index is -3.65.